The SMILES string of the molecule is CCCNS(=O)(=O)c1ccc2c(c1)C1C=CCC1C(c1cccc(Cl)c1Cl)N2. The van der Waals surface area contributed by atoms with Crippen LogP contribution >= 0.6 is 23.2 Å². The molecule has 0 saturated carbocycles. The molecular formula is C21H22Cl2N2O2S. The topological polar surface area (TPSA) is 58.2 Å². The summed E-state index contributed by atoms with van der Waals surface area (Å²) in [6.45, 7) is 2.37. The number of benzene rings is 2. The molecule has 4 nitrogen and oxygen atoms in total. The number of allylic oxidation sites excluding steroid dienone is 2. The molecular weight excluding hydrogens is 415 g/mol. The van der Waals surface area contributed by atoms with Gasteiger partial charge in [-0.15, -0.1) is 0 Å². The minimum Gasteiger partial charge on any atom is -0.378 e. The molecule has 4 rings (SSSR count). The Bertz CT molecular complexity index is 1040. The average Bonchev–Trinajstić information content (AvgIpc) is 3.18. The Balaban J connectivity index is 1.74. The highest BCUT2D eigenvalue weighted by atomic mass is 35.5. The van der Waals surface area contributed by atoms with Crippen LogP contribution in [0.5, 0.6) is 0 Å². The zero-order valence-electron chi connectivity index (χ0n) is 15.5. The first-order valence-corrected chi connectivity index (χ1v) is 11.7. The van der Waals surface area contributed by atoms with Gasteiger partial charge in [-0.05, 0) is 54.2 Å². The summed E-state index contributed by atoms with van der Waals surface area (Å²) in [5.41, 5.74) is 2.91. The van der Waals surface area contributed by atoms with Crippen LogP contribution in [-0.2, 0) is 10.0 Å². The van der Waals surface area contributed by atoms with Gasteiger partial charge in [0, 0.05) is 18.2 Å². The second kappa shape index (κ2) is 7.71. The number of sulfonamides is 1. The van der Waals surface area contributed by atoms with Gasteiger partial charge in [-0.1, -0.05) is 54.4 Å². The van der Waals surface area contributed by atoms with E-state index in [1.807, 2.05) is 25.1 Å². The average molecular weight is 437 g/mol. The number of hydrogen-bond donors (Lipinski definition) is 2. The van der Waals surface area contributed by atoms with Gasteiger partial charge in [0.1, 0.15) is 0 Å². The molecule has 3 atom stereocenters. The Hall–Kier alpha value is -1.53. The minimum absolute atomic E-state index is 0.0133. The zero-order valence-corrected chi connectivity index (χ0v) is 17.8. The van der Waals surface area contributed by atoms with Crippen LogP contribution in [0, 0.1) is 5.92 Å². The summed E-state index contributed by atoms with van der Waals surface area (Å²) < 4.78 is 27.8. The summed E-state index contributed by atoms with van der Waals surface area (Å²) >= 11 is 12.7. The van der Waals surface area contributed by atoms with E-state index in [2.05, 4.69) is 22.2 Å². The van der Waals surface area contributed by atoms with Crippen molar-refractivity contribution in [1.82, 2.24) is 4.72 Å². The summed E-state index contributed by atoms with van der Waals surface area (Å²) in [4.78, 5) is 0.305. The zero-order chi connectivity index (χ0) is 19.9. The first kappa shape index (κ1) is 19.8. The molecule has 7 heteroatoms. The fourth-order valence-electron chi connectivity index (χ4n) is 4.13. The maximum atomic E-state index is 12.6. The third-order valence-corrected chi connectivity index (χ3v) is 7.80. The maximum absolute atomic E-state index is 12.6. The van der Waals surface area contributed by atoms with E-state index in [9.17, 15) is 8.42 Å². The van der Waals surface area contributed by atoms with E-state index in [1.54, 1.807) is 18.2 Å². The molecule has 1 aliphatic carbocycles. The molecule has 0 amide bonds. The third kappa shape index (κ3) is 3.45. The Labute approximate surface area is 176 Å². The predicted molar refractivity (Wildman–Crippen MR) is 115 cm³/mol. The van der Waals surface area contributed by atoms with Crippen molar-refractivity contribution in [1.29, 1.82) is 0 Å². The Morgan fingerprint density at radius 2 is 2.00 bits per heavy atom. The number of rotatable bonds is 5. The second-order valence-electron chi connectivity index (χ2n) is 7.27. The van der Waals surface area contributed by atoms with Crippen molar-refractivity contribution in [2.45, 2.75) is 36.6 Å². The van der Waals surface area contributed by atoms with Gasteiger partial charge in [0.25, 0.3) is 0 Å². The monoisotopic (exact) mass is 436 g/mol. The molecule has 2 aromatic carbocycles. The van der Waals surface area contributed by atoms with E-state index < -0.39 is 10.0 Å². The predicted octanol–water partition coefficient (Wildman–Crippen LogP) is 5.51. The van der Waals surface area contributed by atoms with Crippen LogP contribution < -0.4 is 10.0 Å². The fourth-order valence-corrected chi connectivity index (χ4v) is 5.72. The number of anilines is 1. The quantitative estimate of drug-likeness (QED) is 0.607. The van der Waals surface area contributed by atoms with Crippen LogP contribution in [-0.4, -0.2) is 15.0 Å². The summed E-state index contributed by atoms with van der Waals surface area (Å²) in [5.74, 6) is 0.391. The van der Waals surface area contributed by atoms with Crippen molar-refractivity contribution in [3.63, 3.8) is 0 Å². The standard InChI is InChI=1S/C21H22Cl2N2O2S/c1-2-11-24-28(26,27)13-9-10-19-17(12-13)14-5-3-6-15(14)21(25-19)16-7-4-8-18(22)20(16)23/h3-5,7-10,12,14-15,21,24-25H,2,6,11H2,1H3. The Morgan fingerprint density at radius 1 is 1.18 bits per heavy atom. The molecule has 0 radical (unpaired) electrons. The number of fused-ring (bicyclic) bond motifs is 3. The van der Waals surface area contributed by atoms with Crippen LogP contribution in [0.2, 0.25) is 10.0 Å². The van der Waals surface area contributed by atoms with Crippen molar-refractivity contribution in [2.75, 3.05) is 11.9 Å². The Kier molecular flexibility index (Phi) is 5.45. The van der Waals surface area contributed by atoms with E-state index >= 15 is 0 Å². The van der Waals surface area contributed by atoms with Gasteiger partial charge >= 0.3 is 0 Å². The number of nitrogens with one attached hydrogen (secondary N) is 2. The molecule has 0 aromatic heterocycles. The smallest absolute Gasteiger partial charge is 0.240 e. The molecule has 148 valence electrons. The fraction of sp³-hybridized carbons (Fsp3) is 0.333. The lowest BCUT2D eigenvalue weighted by Crippen LogP contribution is -2.30. The highest BCUT2D eigenvalue weighted by Gasteiger charge is 2.39. The first-order chi connectivity index (χ1) is 13.4. The normalized spacial score (nSPS) is 23.2. The summed E-state index contributed by atoms with van der Waals surface area (Å²) in [6.07, 6.45) is 5.98. The third-order valence-electron chi connectivity index (χ3n) is 5.50. The Morgan fingerprint density at radius 3 is 2.79 bits per heavy atom. The van der Waals surface area contributed by atoms with Crippen LogP contribution in [0.15, 0.2) is 53.4 Å². The van der Waals surface area contributed by atoms with E-state index in [1.165, 1.54) is 0 Å². The van der Waals surface area contributed by atoms with Gasteiger partial charge in [-0.3, -0.25) is 0 Å². The van der Waals surface area contributed by atoms with Gasteiger partial charge in [-0.2, -0.15) is 0 Å². The molecule has 2 N–H and O–H groups in total. The van der Waals surface area contributed by atoms with Gasteiger partial charge in [0.2, 0.25) is 10.0 Å². The van der Waals surface area contributed by atoms with Gasteiger partial charge in [0.15, 0.2) is 0 Å². The van der Waals surface area contributed by atoms with E-state index in [0.29, 0.717) is 21.5 Å². The summed E-state index contributed by atoms with van der Waals surface area (Å²) in [7, 11) is -3.50. The second-order valence-corrected chi connectivity index (χ2v) is 9.82. The number of hydrogen-bond acceptors (Lipinski definition) is 3. The van der Waals surface area contributed by atoms with Gasteiger partial charge < -0.3 is 5.32 Å². The molecule has 3 unspecified atom stereocenters. The van der Waals surface area contributed by atoms with Gasteiger partial charge in [0.05, 0.1) is 21.0 Å². The number of halogens is 2. The first-order valence-electron chi connectivity index (χ1n) is 9.43. The molecule has 1 aliphatic heterocycles. The van der Waals surface area contributed by atoms with Crippen molar-refractivity contribution in [2.24, 2.45) is 5.92 Å². The van der Waals surface area contributed by atoms with Crippen LogP contribution in [0.3, 0.4) is 0 Å². The van der Waals surface area contributed by atoms with Crippen molar-refractivity contribution < 1.29 is 8.42 Å². The molecule has 0 spiro atoms. The highest BCUT2D eigenvalue weighted by Crippen LogP contribution is 2.51. The molecule has 28 heavy (non-hydrogen) atoms. The van der Waals surface area contributed by atoms with Crippen molar-refractivity contribution >= 4 is 38.9 Å². The maximum Gasteiger partial charge on any atom is 0.240 e. The van der Waals surface area contributed by atoms with E-state index in [4.69, 9.17) is 23.2 Å². The largest absolute Gasteiger partial charge is 0.378 e. The molecule has 2 aliphatic rings. The lowest BCUT2D eigenvalue weighted by Gasteiger charge is -2.38. The lowest BCUT2D eigenvalue weighted by molar-refractivity contribution is 0.425. The van der Waals surface area contributed by atoms with Crippen LogP contribution in [0.25, 0.3) is 0 Å². The molecule has 1 heterocycles. The van der Waals surface area contributed by atoms with Crippen molar-refractivity contribution in [3.8, 4) is 0 Å². The molecule has 0 saturated heterocycles. The van der Waals surface area contributed by atoms with Crippen LogP contribution in [0.1, 0.15) is 42.9 Å². The summed E-state index contributed by atoms with van der Waals surface area (Å²) in [5, 5.41) is 4.68. The molecule has 2 aromatic rings. The summed E-state index contributed by atoms with van der Waals surface area (Å²) in [6, 6.07) is 11.0. The van der Waals surface area contributed by atoms with Gasteiger partial charge in [-0.25, -0.2) is 13.1 Å². The lowest BCUT2D eigenvalue weighted by atomic mass is 9.77. The van der Waals surface area contributed by atoms with Crippen molar-refractivity contribution in [3.05, 3.63) is 69.7 Å². The molecule has 0 bridgehead atoms. The van der Waals surface area contributed by atoms with E-state index in [-0.39, 0.29) is 17.9 Å². The highest BCUT2D eigenvalue weighted by molar-refractivity contribution is 7.89. The minimum atomic E-state index is -3.50. The molecule has 0 fully saturated rings. The van der Waals surface area contributed by atoms with Crippen LogP contribution in [0.4, 0.5) is 5.69 Å². The van der Waals surface area contributed by atoms with E-state index in [0.717, 1.165) is 29.7 Å².